The Balaban J connectivity index is 1.57. The number of hydrogen-bond donors (Lipinski definition) is 1. The number of nitrogens with zero attached hydrogens (tertiary/aromatic N) is 1. The van der Waals surface area contributed by atoms with Crippen LogP contribution in [0.1, 0.15) is 25.7 Å². The van der Waals surface area contributed by atoms with Gasteiger partial charge in [-0.05, 0) is 32.2 Å². The Morgan fingerprint density at radius 3 is 2.72 bits per heavy atom. The molecule has 1 N–H and O–H groups in total. The lowest BCUT2D eigenvalue weighted by Gasteiger charge is -2.36. The van der Waals surface area contributed by atoms with Crippen LogP contribution in [0.5, 0.6) is 0 Å². The zero-order valence-electron chi connectivity index (χ0n) is 10.8. The minimum absolute atomic E-state index is 0.0354. The summed E-state index contributed by atoms with van der Waals surface area (Å²) >= 11 is 0. The van der Waals surface area contributed by atoms with Crippen molar-refractivity contribution < 1.29 is 14.3 Å². The van der Waals surface area contributed by atoms with E-state index in [2.05, 4.69) is 5.32 Å². The Morgan fingerprint density at radius 2 is 2.00 bits per heavy atom. The third-order valence-electron chi connectivity index (χ3n) is 4.14. The molecule has 3 aliphatic rings. The van der Waals surface area contributed by atoms with E-state index in [0.29, 0.717) is 13.2 Å². The zero-order valence-corrected chi connectivity index (χ0v) is 10.8. The van der Waals surface area contributed by atoms with Gasteiger partial charge in [0.1, 0.15) is 6.10 Å². The molecular formula is C13H22N2O3. The highest BCUT2D eigenvalue weighted by atomic mass is 16.5. The normalized spacial score (nSPS) is 37.1. The summed E-state index contributed by atoms with van der Waals surface area (Å²) in [6, 6.07) is 0.0354. The largest absolute Gasteiger partial charge is 0.375 e. The van der Waals surface area contributed by atoms with Crippen molar-refractivity contribution in [3.05, 3.63) is 0 Å². The number of morpholine rings is 1. The van der Waals surface area contributed by atoms with Gasteiger partial charge < -0.3 is 19.7 Å². The molecule has 0 spiro atoms. The van der Waals surface area contributed by atoms with Crippen molar-refractivity contribution >= 4 is 5.91 Å². The van der Waals surface area contributed by atoms with E-state index in [4.69, 9.17) is 9.47 Å². The van der Waals surface area contributed by atoms with Crippen molar-refractivity contribution in [3.8, 4) is 0 Å². The molecule has 3 fully saturated rings. The molecule has 3 heterocycles. The van der Waals surface area contributed by atoms with Gasteiger partial charge in [-0.15, -0.1) is 0 Å². The third kappa shape index (κ3) is 2.53. The molecule has 0 bridgehead atoms. The number of carbonyl (C=O) groups excluding carboxylic acids is 1. The summed E-state index contributed by atoms with van der Waals surface area (Å²) in [5.41, 5.74) is 0. The summed E-state index contributed by atoms with van der Waals surface area (Å²) in [5.74, 6) is 0.249. The Morgan fingerprint density at radius 1 is 1.11 bits per heavy atom. The molecule has 0 aromatic carbocycles. The first-order chi connectivity index (χ1) is 8.84. The van der Waals surface area contributed by atoms with Crippen LogP contribution < -0.4 is 5.32 Å². The molecule has 1 amide bonds. The van der Waals surface area contributed by atoms with Gasteiger partial charge in [-0.3, -0.25) is 4.79 Å². The molecule has 3 saturated heterocycles. The molecule has 0 aromatic rings. The zero-order chi connectivity index (χ0) is 12.4. The van der Waals surface area contributed by atoms with E-state index in [1.165, 1.54) is 0 Å². The molecule has 0 aromatic heterocycles. The minimum Gasteiger partial charge on any atom is -0.375 e. The predicted octanol–water partition coefficient (Wildman–Crippen LogP) is 0.145. The van der Waals surface area contributed by atoms with Crippen molar-refractivity contribution in [1.29, 1.82) is 0 Å². The second-order valence-electron chi connectivity index (χ2n) is 5.39. The Bertz CT molecular complexity index is 299. The van der Waals surface area contributed by atoms with Crippen molar-refractivity contribution in [2.45, 2.75) is 43.9 Å². The van der Waals surface area contributed by atoms with E-state index < -0.39 is 0 Å². The topological polar surface area (TPSA) is 50.8 Å². The summed E-state index contributed by atoms with van der Waals surface area (Å²) in [5, 5.41) is 3.27. The van der Waals surface area contributed by atoms with Crippen LogP contribution in [0, 0.1) is 0 Å². The van der Waals surface area contributed by atoms with E-state index in [1.54, 1.807) is 0 Å². The molecule has 5 heteroatoms. The summed E-state index contributed by atoms with van der Waals surface area (Å²) in [7, 11) is 0. The summed E-state index contributed by atoms with van der Waals surface area (Å²) < 4.78 is 11.4. The van der Waals surface area contributed by atoms with Crippen LogP contribution in [0.4, 0.5) is 0 Å². The average Bonchev–Trinajstić information content (AvgIpc) is 3.11. The minimum atomic E-state index is 0.0354. The summed E-state index contributed by atoms with van der Waals surface area (Å²) in [6.07, 6.45) is 4.53. The number of rotatable bonds is 2. The molecule has 0 radical (unpaired) electrons. The van der Waals surface area contributed by atoms with Crippen LogP contribution in [0.3, 0.4) is 0 Å². The SMILES string of the molecule is O=C([C@@H]1CCCN1)N1CCO[C@@H]([C@H]2CCCO2)C1. The number of carbonyl (C=O) groups is 1. The molecule has 5 nitrogen and oxygen atoms in total. The first kappa shape index (κ1) is 12.4. The van der Waals surface area contributed by atoms with Crippen molar-refractivity contribution in [2.75, 3.05) is 32.8 Å². The molecule has 0 saturated carbocycles. The number of nitrogens with one attached hydrogen (secondary N) is 1. The van der Waals surface area contributed by atoms with E-state index in [-0.39, 0.29) is 24.2 Å². The van der Waals surface area contributed by atoms with Gasteiger partial charge in [0.25, 0.3) is 0 Å². The maximum Gasteiger partial charge on any atom is 0.239 e. The number of ether oxygens (including phenoxy) is 2. The van der Waals surface area contributed by atoms with Gasteiger partial charge >= 0.3 is 0 Å². The van der Waals surface area contributed by atoms with Crippen LogP contribution in [-0.4, -0.2) is 61.9 Å². The predicted molar refractivity (Wildman–Crippen MR) is 66.3 cm³/mol. The molecule has 3 atom stereocenters. The van der Waals surface area contributed by atoms with Crippen molar-refractivity contribution in [3.63, 3.8) is 0 Å². The van der Waals surface area contributed by atoms with Gasteiger partial charge in [-0.2, -0.15) is 0 Å². The molecule has 0 unspecified atom stereocenters. The second-order valence-corrected chi connectivity index (χ2v) is 5.39. The first-order valence-electron chi connectivity index (χ1n) is 7.10. The average molecular weight is 254 g/mol. The Hall–Kier alpha value is -0.650. The maximum absolute atomic E-state index is 12.3. The quantitative estimate of drug-likeness (QED) is 0.762. The smallest absolute Gasteiger partial charge is 0.239 e. The van der Waals surface area contributed by atoms with Crippen LogP contribution in [0.25, 0.3) is 0 Å². The lowest BCUT2D eigenvalue weighted by Crippen LogP contribution is -2.53. The number of amides is 1. The van der Waals surface area contributed by atoms with Crippen molar-refractivity contribution in [2.24, 2.45) is 0 Å². The molecule has 18 heavy (non-hydrogen) atoms. The second kappa shape index (κ2) is 5.55. The summed E-state index contributed by atoms with van der Waals surface area (Å²) in [4.78, 5) is 14.3. The van der Waals surface area contributed by atoms with Crippen molar-refractivity contribution in [1.82, 2.24) is 10.2 Å². The van der Waals surface area contributed by atoms with Gasteiger partial charge in [0.2, 0.25) is 5.91 Å². The number of hydrogen-bond acceptors (Lipinski definition) is 4. The lowest BCUT2D eigenvalue weighted by atomic mass is 10.1. The van der Waals surface area contributed by atoms with Gasteiger partial charge in [0, 0.05) is 19.7 Å². The van der Waals surface area contributed by atoms with E-state index in [1.807, 2.05) is 4.90 Å². The van der Waals surface area contributed by atoms with E-state index in [9.17, 15) is 4.79 Å². The van der Waals surface area contributed by atoms with Gasteiger partial charge in [0.15, 0.2) is 0 Å². The first-order valence-corrected chi connectivity index (χ1v) is 7.10. The molecule has 3 aliphatic heterocycles. The molecule has 0 aliphatic carbocycles. The van der Waals surface area contributed by atoms with Gasteiger partial charge in [0.05, 0.1) is 18.8 Å². The van der Waals surface area contributed by atoms with E-state index >= 15 is 0 Å². The van der Waals surface area contributed by atoms with Crippen LogP contribution in [0.2, 0.25) is 0 Å². The molecular weight excluding hydrogens is 232 g/mol. The Kier molecular flexibility index (Phi) is 3.82. The molecule has 102 valence electrons. The summed E-state index contributed by atoms with van der Waals surface area (Å²) in [6.45, 7) is 3.86. The third-order valence-corrected chi connectivity index (χ3v) is 4.14. The van der Waals surface area contributed by atoms with Gasteiger partial charge in [-0.1, -0.05) is 0 Å². The van der Waals surface area contributed by atoms with Crippen LogP contribution in [0.15, 0.2) is 0 Å². The lowest BCUT2D eigenvalue weighted by molar-refractivity contribution is -0.146. The highest BCUT2D eigenvalue weighted by Crippen LogP contribution is 2.21. The molecule has 3 rings (SSSR count). The monoisotopic (exact) mass is 254 g/mol. The van der Waals surface area contributed by atoms with Crippen LogP contribution >= 0.6 is 0 Å². The Labute approximate surface area is 108 Å². The standard InChI is InChI=1S/C13H22N2O3/c16-13(10-3-1-5-14-10)15-6-8-18-12(9-15)11-4-2-7-17-11/h10-12,14H,1-9H2/t10-,11+,12+/m0/s1. The van der Waals surface area contributed by atoms with E-state index in [0.717, 1.165) is 45.4 Å². The highest BCUT2D eigenvalue weighted by Gasteiger charge is 2.35. The highest BCUT2D eigenvalue weighted by molar-refractivity contribution is 5.82. The fourth-order valence-corrected chi connectivity index (χ4v) is 3.11. The van der Waals surface area contributed by atoms with Crippen LogP contribution in [-0.2, 0) is 14.3 Å². The fraction of sp³-hybridized carbons (Fsp3) is 0.923. The van der Waals surface area contributed by atoms with Gasteiger partial charge in [-0.25, -0.2) is 0 Å². The maximum atomic E-state index is 12.3. The fourth-order valence-electron chi connectivity index (χ4n) is 3.11.